The number of pyridine rings is 1. The molecule has 0 aliphatic rings. The maximum atomic E-state index is 10.1. The van der Waals surface area contributed by atoms with Crippen LogP contribution in [0.2, 0.25) is 19.6 Å². The largest absolute Gasteiger partial charge is 0.746 e. The minimum atomic E-state index is -4.13. The Morgan fingerprint density at radius 3 is 1.85 bits per heavy atom. The normalized spacial score (nSPS) is 13.5. The first kappa shape index (κ1) is 25.7. The summed E-state index contributed by atoms with van der Waals surface area (Å²) >= 11 is 4.67. The van der Waals surface area contributed by atoms with Gasteiger partial charge in [0.2, 0.25) is -1.23 Å². The van der Waals surface area contributed by atoms with E-state index >= 15 is 0 Å². The molecule has 0 bridgehead atoms. The van der Waals surface area contributed by atoms with Crippen molar-refractivity contribution in [1.82, 2.24) is 0 Å². The van der Waals surface area contributed by atoms with Gasteiger partial charge in [-0.1, -0.05) is 23.8 Å². The fourth-order valence-electron chi connectivity index (χ4n) is 1.94. The van der Waals surface area contributed by atoms with Crippen LogP contribution in [0, 0.1) is 6.92 Å². The van der Waals surface area contributed by atoms with Crippen molar-refractivity contribution in [2.75, 3.05) is 0 Å². The van der Waals surface area contributed by atoms with Crippen LogP contribution < -0.4 is 4.57 Å². The highest BCUT2D eigenvalue weighted by Crippen LogP contribution is 2.39. The Balaban J connectivity index is 0.000000387. The molecule has 0 spiro atoms. The van der Waals surface area contributed by atoms with E-state index < -0.39 is 17.2 Å². The second-order valence-electron chi connectivity index (χ2n) is 6.72. The Kier molecular flexibility index (Phi) is 10.1. The number of benzene rings is 1. The molecular formula is C17H22I3NO4SSi. The van der Waals surface area contributed by atoms with Crippen LogP contribution in [-0.2, 0) is 14.5 Å². The fraction of sp³-hybridized carbons (Fsp3) is 0.353. The van der Waals surface area contributed by atoms with Crippen molar-refractivity contribution in [3.63, 3.8) is 0 Å². The van der Waals surface area contributed by atoms with Gasteiger partial charge in [0.1, 0.15) is 10.1 Å². The summed E-state index contributed by atoms with van der Waals surface area (Å²) in [4.78, 5) is 0. The van der Waals surface area contributed by atoms with Crippen LogP contribution in [0.3, 0.4) is 0 Å². The van der Waals surface area contributed by atoms with E-state index in [0.29, 0.717) is 0 Å². The monoisotopic (exact) mass is 745 g/mol. The molecule has 0 aliphatic carbocycles. The molecule has 10 heteroatoms. The highest BCUT2D eigenvalue weighted by Gasteiger charge is 2.28. The second-order valence-corrected chi connectivity index (χ2v) is 25.9. The lowest BCUT2D eigenvalue weighted by molar-refractivity contribution is -0.745. The number of hydrogen-bond donors (Lipinski definition) is 0. The van der Waals surface area contributed by atoms with Crippen LogP contribution in [0.1, 0.15) is 17.4 Å². The smallest absolute Gasteiger partial charge is 0.280 e. The lowest BCUT2D eigenvalue weighted by atomic mass is 10.1. The van der Waals surface area contributed by atoms with Crippen LogP contribution in [0.15, 0.2) is 54.9 Å². The van der Waals surface area contributed by atoms with Crippen molar-refractivity contribution >= 4 is 86.2 Å². The van der Waals surface area contributed by atoms with E-state index in [1.54, 1.807) is 67.8 Å². The maximum Gasteiger partial charge on any atom is 0.280 e. The van der Waals surface area contributed by atoms with Gasteiger partial charge < -0.3 is 8.98 Å². The third kappa shape index (κ3) is 9.80. The lowest BCUT2D eigenvalue weighted by Crippen LogP contribution is -2.45. The predicted molar refractivity (Wildman–Crippen MR) is 135 cm³/mol. The maximum absolute atomic E-state index is 10.1. The molecule has 1 atom stereocenters. The molecule has 0 N–H and O–H groups in total. The van der Waals surface area contributed by atoms with E-state index in [1.165, 1.54) is 11.1 Å². The molecule has 0 radical (unpaired) electrons. The molecule has 1 aromatic heterocycles. The van der Waals surface area contributed by atoms with Crippen molar-refractivity contribution in [2.45, 2.75) is 31.6 Å². The molecule has 1 heterocycles. The molecule has 0 amide bonds. The van der Waals surface area contributed by atoms with E-state index in [2.05, 4.69) is 67.8 Å². The van der Waals surface area contributed by atoms with Crippen molar-refractivity contribution in [2.24, 2.45) is 0 Å². The van der Waals surface area contributed by atoms with Gasteiger partial charge in [0.25, 0.3) is 6.23 Å². The predicted octanol–water partition coefficient (Wildman–Crippen LogP) is 5.13. The van der Waals surface area contributed by atoms with E-state index in [4.69, 9.17) is 4.43 Å². The zero-order chi connectivity index (χ0) is 20.9. The molecule has 0 saturated carbocycles. The Morgan fingerprint density at radius 1 is 1.04 bits per heavy atom. The van der Waals surface area contributed by atoms with E-state index in [9.17, 15) is 13.0 Å². The molecule has 2 aromatic rings. The zero-order valence-electron chi connectivity index (χ0n) is 15.4. The average molecular weight is 745 g/mol. The van der Waals surface area contributed by atoms with Crippen LogP contribution in [0.5, 0.6) is 0 Å². The number of nitrogens with zero attached hydrogens (tertiary/aromatic N) is 1. The molecule has 1 unspecified atom stereocenters. The van der Waals surface area contributed by atoms with Crippen molar-refractivity contribution < 1.29 is 22.0 Å². The van der Waals surface area contributed by atoms with Crippen LogP contribution in [-0.4, -0.2) is 20.1 Å². The molecular weight excluding hydrogens is 723 g/mol. The summed E-state index contributed by atoms with van der Waals surface area (Å²) in [6, 6.07) is 14.7. The fourth-order valence-corrected chi connectivity index (χ4v) is 2.86. The summed E-state index contributed by atoms with van der Waals surface area (Å²) in [5.74, 6) is 0. The summed E-state index contributed by atoms with van der Waals surface area (Å²) in [6.07, 6.45) is 4.09. The number of alkyl halides is 3. The molecule has 27 heavy (non-hydrogen) atoms. The standard InChI is InChI=1S/C16H22NOSi.CHI3O3S/c1-14-8-10-15(11-9-14)16(18-19(2,3)4)17-12-6-5-7-13-17;2-1(3,4)8(5,6)7/h5-13,16H,1-4H3;(H,5,6,7)/q+1;/p-1. The molecule has 5 nitrogen and oxygen atoms in total. The topological polar surface area (TPSA) is 70.3 Å². The minimum Gasteiger partial charge on any atom is -0.746 e. The van der Waals surface area contributed by atoms with Crippen molar-refractivity contribution in [1.29, 1.82) is 0 Å². The Bertz CT molecular complexity index is 820. The Hall–Kier alpha value is 0.647. The van der Waals surface area contributed by atoms with Crippen LogP contribution in [0.25, 0.3) is 0 Å². The second kappa shape index (κ2) is 10.6. The van der Waals surface area contributed by atoms with Gasteiger partial charge in [0, 0.05) is 17.7 Å². The SMILES string of the molecule is Cc1ccc(C(O[Si](C)(C)C)[n+]2ccccc2)cc1.O=S(=O)([O-])C(I)(I)I. The summed E-state index contributed by atoms with van der Waals surface area (Å²) in [7, 11) is -5.75. The van der Waals surface area contributed by atoms with Crippen molar-refractivity contribution in [3.8, 4) is 0 Å². The van der Waals surface area contributed by atoms with E-state index in [-0.39, 0.29) is 6.23 Å². The highest BCUT2D eigenvalue weighted by molar-refractivity contribution is 14.3. The summed E-state index contributed by atoms with van der Waals surface area (Å²) in [6.45, 7) is 8.76. The van der Waals surface area contributed by atoms with Gasteiger partial charge in [-0.25, -0.2) is 8.42 Å². The molecule has 0 saturated heterocycles. The number of rotatable bonds is 5. The third-order valence-electron chi connectivity index (χ3n) is 3.12. The first-order chi connectivity index (χ1) is 12.2. The van der Waals surface area contributed by atoms with Gasteiger partial charge in [0.15, 0.2) is 20.7 Å². The molecule has 0 fully saturated rings. The third-order valence-corrected chi connectivity index (χ3v) is 9.47. The summed E-state index contributed by atoms with van der Waals surface area (Å²) < 4.78 is 37.5. The van der Waals surface area contributed by atoms with E-state index in [1.807, 2.05) is 18.2 Å². The first-order valence-corrected chi connectivity index (χ1v) is 16.0. The average Bonchev–Trinajstić information content (AvgIpc) is 2.52. The van der Waals surface area contributed by atoms with Gasteiger partial charge >= 0.3 is 0 Å². The van der Waals surface area contributed by atoms with Gasteiger partial charge in [-0.3, -0.25) is 0 Å². The van der Waals surface area contributed by atoms with Gasteiger partial charge in [-0.05, 0) is 106 Å². The van der Waals surface area contributed by atoms with Gasteiger partial charge in [-0.15, -0.1) is 0 Å². The molecule has 1 aromatic carbocycles. The van der Waals surface area contributed by atoms with Crippen LogP contribution >= 0.6 is 67.8 Å². The number of aryl methyl sites for hydroxylation is 1. The Morgan fingerprint density at radius 2 is 1.48 bits per heavy atom. The molecule has 150 valence electrons. The number of halogens is 3. The van der Waals surface area contributed by atoms with Gasteiger partial charge in [-0.2, -0.15) is 4.57 Å². The highest BCUT2D eigenvalue weighted by atomic mass is 127. The summed E-state index contributed by atoms with van der Waals surface area (Å²) in [5, 5.41) is 0. The minimum absolute atomic E-state index is 0.0338. The molecule has 0 aliphatic heterocycles. The lowest BCUT2D eigenvalue weighted by Gasteiger charge is -2.22. The first-order valence-electron chi connectivity index (χ1n) is 7.93. The molecule has 2 rings (SSSR count). The summed E-state index contributed by atoms with van der Waals surface area (Å²) in [5.41, 5.74) is 2.47. The number of hydrogen-bond acceptors (Lipinski definition) is 4. The zero-order valence-corrected chi connectivity index (χ0v) is 23.7. The number of aromatic nitrogens is 1. The Labute approximate surface area is 203 Å². The van der Waals surface area contributed by atoms with E-state index in [0.717, 1.165) is 0 Å². The quantitative estimate of drug-likeness (QED) is 0.140. The van der Waals surface area contributed by atoms with Gasteiger partial charge in [0.05, 0.1) is 0 Å². The van der Waals surface area contributed by atoms with Crippen LogP contribution in [0.4, 0.5) is 0 Å². The van der Waals surface area contributed by atoms with Crippen molar-refractivity contribution in [3.05, 3.63) is 66.0 Å².